The average Bonchev–Trinajstić information content (AvgIpc) is 3.00. The Bertz CT molecular complexity index is 363. The average molecular weight is 277 g/mol. The van der Waals surface area contributed by atoms with Gasteiger partial charge in [-0.15, -0.1) is 0 Å². The van der Waals surface area contributed by atoms with Crippen LogP contribution in [0.5, 0.6) is 0 Å². The topological polar surface area (TPSA) is 41.5 Å². The Morgan fingerprint density at radius 3 is 2.65 bits per heavy atom. The molecule has 3 heteroatoms. The van der Waals surface area contributed by atoms with E-state index in [1.807, 2.05) is 30.3 Å². The fourth-order valence-electron chi connectivity index (χ4n) is 2.89. The molecule has 0 bridgehead atoms. The van der Waals surface area contributed by atoms with Crippen molar-refractivity contribution in [3.8, 4) is 0 Å². The minimum Gasteiger partial charge on any atom is -0.389 e. The van der Waals surface area contributed by atoms with Crippen molar-refractivity contribution in [2.75, 3.05) is 13.2 Å². The summed E-state index contributed by atoms with van der Waals surface area (Å²) in [5.41, 5.74) is 1.15. The normalized spacial score (nSPS) is 19.1. The molecule has 1 aromatic carbocycles. The first-order chi connectivity index (χ1) is 9.75. The summed E-state index contributed by atoms with van der Waals surface area (Å²) in [6.07, 6.45) is 4.95. The number of rotatable bonds is 8. The lowest BCUT2D eigenvalue weighted by Gasteiger charge is -2.22. The van der Waals surface area contributed by atoms with Gasteiger partial charge in [-0.3, -0.25) is 0 Å². The SMILES string of the molecule is CC(NCC(O)COCc1ccccc1)C1CCCC1. The summed E-state index contributed by atoms with van der Waals surface area (Å²) < 4.78 is 5.55. The first-order valence-electron chi connectivity index (χ1n) is 7.79. The van der Waals surface area contributed by atoms with Crippen molar-refractivity contribution in [1.29, 1.82) is 0 Å². The molecule has 2 rings (SSSR count). The Labute approximate surface area is 122 Å². The third-order valence-electron chi connectivity index (χ3n) is 4.20. The second-order valence-electron chi connectivity index (χ2n) is 5.90. The highest BCUT2D eigenvalue weighted by molar-refractivity contribution is 5.13. The van der Waals surface area contributed by atoms with E-state index in [2.05, 4.69) is 12.2 Å². The first-order valence-corrected chi connectivity index (χ1v) is 7.79. The molecule has 3 nitrogen and oxygen atoms in total. The van der Waals surface area contributed by atoms with E-state index in [4.69, 9.17) is 4.74 Å². The smallest absolute Gasteiger partial charge is 0.0897 e. The van der Waals surface area contributed by atoms with Gasteiger partial charge in [-0.25, -0.2) is 0 Å². The Morgan fingerprint density at radius 1 is 1.25 bits per heavy atom. The molecule has 20 heavy (non-hydrogen) atoms. The molecule has 0 spiro atoms. The maximum Gasteiger partial charge on any atom is 0.0897 e. The molecule has 1 saturated carbocycles. The molecule has 0 aromatic heterocycles. The number of hydrogen-bond acceptors (Lipinski definition) is 3. The number of ether oxygens (including phenoxy) is 1. The van der Waals surface area contributed by atoms with Crippen molar-refractivity contribution < 1.29 is 9.84 Å². The Balaban J connectivity index is 1.57. The van der Waals surface area contributed by atoms with Gasteiger partial charge < -0.3 is 15.2 Å². The molecule has 0 aliphatic heterocycles. The minimum absolute atomic E-state index is 0.388. The summed E-state index contributed by atoms with van der Waals surface area (Å²) in [6, 6.07) is 10.6. The van der Waals surface area contributed by atoms with E-state index in [-0.39, 0.29) is 0 Å². The van der Waals surface area contributed by atoms with E-state index in [9.17, 15) is 5.11 Å². The van der Waals surface area contributed by atoms with E-state index in [0.717, 1.165) is 11.5 Å². The molecule has 1 aliphatic rings. The molecule has 0 radical (unpaired) electrons. The van der Waals surface area contributed by atoms with Gasteiger partial charge in [-0.05, 0) is 31.2 Å². The van der Waals surface area contributed by atoms with Crippen LogP contribution in [0.15, 0.2) is 30.3 Å². The van der Waals surface area contributed by atoms with Crippen LogP contribution in [-0.4, -0.2) is 30.4 Å². The largest absolute Gasteiger partial charge is 0.389 e. The Morgan fingerprint density at radius 2 is 1.95 bits per heavy atom. The Kier molecular flexibility index (Phi) is 6.51. The summed E-state index contributed by atoms with van der Waals surface area (Å²) in [4.78, 5) is 0. The van der Waals surface area contributed by atoms with Crippen molar-refractivity contribution in [3.63, 3.8) is 0 Å². The van der Waals surface area contributed by atoms with Crippen LogP contribution in [-0.2, 0) is 11.3 Å². The maximum atomic E-state index is 9.93. The standard InChI is InChI=1S/C17H27NO2/c1-14(16-9-5-6-10-16)18-11-17(19)13-20-12-15-7-3-2-4-8-15/h2-4,7-8,14,16-19H,5-6,9-13H2,1H3. The van der Waals surface area contributed by atoms with E-state index in [1.165, 1.54) is 25.7 Å². The van der Waals surface area contributed by atoms with Crippen molar-refractivity contribution in [1.82, 2.24) is 5.32 Å². The van der Waals surface area contributed by atoms with Gasteiger partial charge in [0, 0.05) is 12.6 Å². The number of hydrogen-bond donors (Lipinski definition) is 2. The van der Waals surface area contributed by atoms with Gasteiger partial charge >= 0.3 is 0 Å². The van der Waals surface area contributed by atoms with Crippen LogP contribution in [0.1, 0.15) is 38.2 Å². The van der Waals surface area contributed by atoms with Gasteiger partial charge in [-0.1, -0.05) is 43.2 Å². The molecule has 0 heterocycles. The van der Waals surface area contributed by atoms with Gasteiger partial charge in [-0.2, -0.15) is 0 Å². The number of benzene rings is 1. The predicted molar refractivity (Wildman–Crippen MR) is 81.5 cm³/mol. The van der Waals surface area contributed by atoms with Gasteiger partial charge in [0.25, 0.3) is 0 Å². The molecule has 1 aliphatic carbocycles. The first kappa shape index (κ1) is 15.5. The van der Waals surface area contributed by atoms with Gasteiger partial charge in [0.05, 0.1) is 19.3 Å². The third kappa shape index (κ3) is 5.23. The molecular weight excluding hydrogens is 250 g/mol. The zero-order valence-corrected chi connectivity index (χ0v) is 12.4. The predicted octanol–water partition coefficient (Wildman–Crippen LogP) is 2.73. The number of aliphatic hydroxyl groups is 1. The molecule has 0 amide bonds. The van der Waals surface area contributed by atoms with Crippen LogP contribution >= 0.6 is 0 Å². The monoisotopic (exact) mass is 277 g/mol. The summed E-state index contributed by atoms with van der Waals surface area (Å²) >= 11 is 0. The maximum absolute atomic E-state index is 9.93. The van der Waals surface area contributed by atoms with Crippen molar-refractivity contribution >= 4 is 0 Å². The zero-order valence-electron chi connectivity index (χ0n) is 12.4. The minimum atomic E-state index is -0.428. The van der Waals surface area contributed by atoms with Crippen LogP contribution in [0.25, 0.3) is 0 Å². The fourth-order valence-corrected chi connectivity index (χ4v) is 2.89. The summed E-state index contributed by atoms with van der Waals surface area (Å²) in [5, 5.41) is 13.4. The van der Waals surface area contributed by atoms with Crippen LogP contribution in [0.2, 0.25) is 0 Å². The fraction of sp³-hybridized carbons (Fsp3) is 0.647. The van der Waals surface area contributed by atoms with Crippen molar-refractivity contribution in [2.24, 2.45) is 5.92 Å². The second-order valence-corrected chi connectivity index (χ2v) is 5.90. The Hall–Kier alpha value is -0.900. The van der Waals surface area contributed by atoms with Gasteiger partial charge in [0.15, 0.2) is 0 Å². The molecule has 0 saturated heterocycles. The highest BCUT2D eigenvalue weighted by Gasteiger charge is 2.21. The van der Waals surface area contributed by atoms with Crippen LogP contribution in [0, 0.1) is 5.92 Å². The summed E-state index contributed by atoms with van der Waals surface area (Å²) in [6.45, 7) is 3.80. The van der Waals surface area contributed by atoms with Crippen LogP contribution < -0.4 is 5.32 Å². The zero-order chi connectivity index (χ0) is 14.2. The lowest BCUT2D eigenvalue weighted by atomic mass is 10.00. The third-order valence-corrected chi connectivity index (χ3v) is 4.20. The van der Waals surface area contributed by atoms with E-state index in [0.29, 0.717) is 25.8 Å². The molecular formula is C17H27NO2. The number of nitrogens with one attached hydrogen (secondary N) is 1. The lowest BCUT2D eigenvalue weighted by molar-refractivity contribution is 0.0270. The quantitative estimate of drug-likeness (QED) is 0.767. The lowest BCUT2D eigenvalue weighted by Crippen LogP contribution is -2.39. The van der Waals surface area contributed by atoms with Crippen molar-refractivity contribution in [2.45, 2.75) is 51.4 Å². The van der Waals surface area contributed by atoms with Gasteiger partial charge in [0.2, 0.25) is 0 Å². The highest BCUT2D eigenvalue weighted by Crippen LogP contribution is 2.27. The molecule has 2 unspecified atom stereocenters. The summed E-state index contributed by atoms with van der Waals surface area (Å²) in [7, 11) is 0. The molecule has 112 valence electrons. The van der Waals surface area contributed by atoms with Crippen LogP contribution in [0.4, 0.5) is 0 Å². The molecule has 2 atom stereocenters. The van der Waals surface area contributed by atoms with Crippen molar-refractivity contribution in [3.05, 3.63) is 35.9 Å². The summed E-state index contributed by atoms with van der Waals surface area (Å²) in [5.74, 6) is 0.785. The number of aliphatic hydroxyl groups excluding tert-OH is 1. The van der Waals surface area contributed by atoms with E-state index < -0.39 is 6.10 Å². The van der Waals surface area contributed by atoms with Gasteiger partial charge in [0.1, 0.15) is 0 Å². The van der Waals surface area contributed by atoms with E-state index in [1.54, 1.807) is 0 Å². The van der Waals surface area contributed by atoms with Crippen LogP contribution in [0.3, 0.4) is 0 Å². The van der Waals surface area contributed by atoms with E-state index >= 15 is 0 Å². The molecule has 2 N–H and O–H groups in total. The molecule has 1 fully saturated rings. The second kappa shape index (κ2) is 8.40. The highest BCUT2D eigenvalue weighted by atomic mass is 16.5. The molecule has 1 aromatic rings.